The predicted octanol–water partition coefficient (Wildman–Crippen LogP) is 2.51. The molecule has 1 aromatic carbocycles. The Morgan fingerprint density at radius 1 is 1.38 bits per heavy atom. The fourth-order valence-corrected chi connectivity index (χ4v) is 2.81. The van der Waals surface area contributed by atoms with Gasteiger partial charge in [-0.15, -0.1) is 0 Å². The minimum atomic E-state index is -0.167. The van der Waals surface area contributed by atoms with E-state index in [4.69, 9.17) is 4.74 Å². The lowest BCUT2D eigenvalue weighted by Gasteiger charge is -2.25. The molecule has 3 heteroatoms. The van der Waals surface area contributed by atoms with E-state index in [1.165, 1.54) is 11.1 Å². The van der Waals surface area contributed by atoms with Crippen LogP contribution in [0.2, 0.25) is 0 Å². The fourth-order valence-electron chi connectivity index (χ4n) is 2.81. The summed E-state index contributed by atoms with van der Waals surface area (Å²) >= 11 is 0. The summed E-state index contributed by atoms with van der Waals surface area (Å²) < 4.78 is 5.43. The average Bonchev–Trinajstić information content (AvgIpc) is 2.71. The van der Waals surface area contributed by atoms with Gasteiger partial charge in [0.15, 0.2) is 0 Å². The van der Waals surface area contributed by atoms with E-state index in [2.05, 4.69) is 12.1 Å². The van der Waals surface area contributed by atoms with Crippen LogP contribution in [0.3, 0.4) is 0 Å². The van der Waals surface area contributed by atoms with Gasteiger partial charge in [-0.1, -0.05) is 24.3 Å². The van der Waals surface area contributed by atoms with Crippen molar-refractivity contribution in [3.8, 4) is 0 Å². The summed E-state index contributed by atoms with van der Waals surface area (Å²) in [6, 6.07) is 8.62. The van der Waals surface area contributed by atoms with E-state index in [-0.39, 0.29) is 24.3 Å². The molecule has 1 saturated heterocycles. The van der Waals surface area contributed by atoms with Crippen molar-refractivity contribution in [1.82, 2.24) is 4.90 Å². The number of hydrogen-bond acceptors (Lipinski definition) is 2. The van der Waals surface area contributed by atoms with Gasteiger partial charge in [0.1, 0.15) is 6.10 Å². The number of nitrogens with zero attached hydrogens (tertiary/aromatic N) is 1. The number of hydrogen-bond donors (Lipinski definition) is 0. The number of amides is 1. The van der Waals surface area contributed by atoms with E-state index in [0.717, 1.165) is 6.42 Å². The van der Waals surface area contributed by atoms with Gasteiger partial charge in [-0.05, 0) is 25.0 Å². The summed E-state index contributed by atoms with van der Waals surface area (Å²) in [5.74, 6) is 0. The highest BCUT2D eigenvalue weighted by Crippen LogP contribution is 2.43. The molecule has 2 aliphatic rings. The van der Waals surface area contributed by atoms with Crippen LogP contribution in [0.1, 0.15) is 31.0 Å². The molecular weight excluding hydrogens is 202 g/mol. The number of carbonyl (C=O) groups excluding carboxylic acids is 1. The number of carbonyl (C=O) groups is 1. The van der Waals surface area contributed by atoms with E-state index in [1.807, 2.05) is 30.9 Å². The van der Waals surface area contributed by atoms with Gasteiger partial charge < -0.3 is 4.74 Å². The third-order valence-corrected chi connectivity index (χ3v) is 3.47. The largest absolute Gasteiger partial charge is 0.443 e. The van der Waals surface area contributed by atoms with Crippen molar-refractivity contribution in [1.29, 1.82) is 0 Å². The van der Waals surface area contributed by atoms with E-state index in [9.17, 15) is 4.79 Å². The van der Waals surface area contributed by atoms with E-state index in [0.29, 0.717) is 0 Å². The molecule has 1 aliphatic heterocycles. The summed E-state index contributed by atoms with van der Waals surface area (Å²) in [5, 5.41) is 0. The molecule has 0 bridgehead atoms. The molecule has 2 atom stereocenters. The van der Waals surface area contributed by atoms with Crippen LogP contribution >= 0.6 is 0 Å². The van der Waals surface area contributed by atoms with Crippen molar-refractivity contribution in [2.45, 2.75) is 38.5 Å². The molecule has 84 valence electrons. The summed E-state index contributed by atoms with van der Waals surface area (Å²) in [6.45, 7) is 4.06. The van der Waals surface area contributed by atoms with Gasteiger partial charge in [0.2, 0.25) is 0 Å². The fraction of sp³-hybridized carbons (Fsp3) is 0.462. The number of benzene rings is 1. The van der Waals surface area contributed by atoms with Gasteiger partial charge >= 0.3 is 6.09 Å². The van der Waals surface area contributed by atoms with Crippen molar-refractivity contribution in [3.05, 3.63) is 35.4 Å². The number of fused-ring (bicyclic) bond motifs is 3. The van der Waals surface area contributed by atoms with Crippen LogP contribution in [0.5, 0.6) is 0 Å². The maximum Gasteiger partial charge on any atom is 0.411 e. The maximum atomic E-state index is 11.7. The SMILES string of the molecule is CC(C)N1C(=O)OC2Cc3ccccc3C21. The topological polar surface area (TPSA) is 29.5 Å². The average molecular weight is 217 g/mol. The van der Waals surface area contributed by atoms with Crippen LogP contribution < -0.4 is 0 Å². The summed E-state index contributed by atoms with van der Waals surface area (Å²) in [7, 11) is 0. The molecule has 0 radical (unpaired) electrons. The Morgan fingerprint density at radius 2 is 2.12 bits per heavy atom. The van der Waals surface area contributed by atoms with Gasteiger partial charge in [0.05, 0.1) is 6.04 Å². The molecule has 3 nitrogen and oxygen atoms in total. The quantitative estimate of drug-likeness (QED) is 0.723. The predicted molar refractivity (Wildman–Crippen MR) is 60.1 cm³/mol. The molecule has 3 rings (SSSR count). The molecule has 1 aromatic rings. The Kier molecular flexibility index (Phi) is 1.96. The van der Waals surface area contributed by atoms with Gasteiger partial charge in [-0.25, -0.2) is 4.79 Å². The van der Waals surface area contributed by atoms with Crippen molar-refractivity contribution in [3.63, 3.8) is 0 Å². The molecule has 1 amide bonds. The molecule has 1 heterocycles. The lowest BCUT2D eigenvalue weighted by atomic mass is 10.1. The Balaban J connectivity index is 2.05. The molecule has 2 unspecified atom stereocenters. The zero-order valence-corrected chi connectivity index (χ0v) is 9.51. The molecular formula is C13H15NO2. The molecule has 0 spiro atoms. The molecule has 1 aliphatic carbocycles. The summed E-state index contributed by atoms with van der Waals surface area (Å²) in [4.78, 5) is 13.6. The third-order valence-electron chi connectivity index (χ3n) is 3.47. The lowest BCUT2D eigenvalue weighted by molar-refractivity contribution is 0.130. The number of ether oxygens (including phenoxy) is 1. The van der Waals surface area contributed by atoms with Crippen molar-refractivity contribution in [2.24, 2.45) is 0 Å². The molecule has 16 heavy (non-hydrogen) atoms. The van der Waals surface area contributed by atoms with Crippen LogP contribution in [0, 0.1) is 0 Å². The minimum Gasteiger partial charge on any atom is -0.443 e. The summed E-state index contributed by atoms with van der Waals surface area (Å²) in [5.41, 5.74) is 2.57. The Bertz CT molecular complexity index is 441. The second-order valence-electron chi connectivity index (χ2n) is 4.77. The zero-order chi connectivity index (χ0) is 11.3. The second kappa shape index (κ2) is 3.24. The Labute approximate surface area is 95.0 Å². The van der Waals surface area contributed by atoms with Gasteiger partial charge in [-0.2, -0.15) is 0 Å². The minimum absolute atomic E-state index is 0.0206. The first-order valence-electron chi connectivity index (χ1n) is 5.75. The molecule has 0 aromatic heterocycles. The van der Waals surface area contributed by atoms with Crippen LogP contribution in [0.25, 0.3) is 0 Å². The van der Waals surface area contributed by atoms with Crippen LogP contribution in [0.4, 0.5) is 4.79 Å². The van der Waals surface area contributed by atoms with Gasteiger partial charge in [0, 0.05) is 12.5 Å². The zero-order valence-electron chi connectivity index (χ0n) is 9.51. The van der Waals surface area contributed by atoms with E-state index < -0.39 is 0 Å². The smallest absolute Gasteiger partial charge is 0.411 e. The first-order valence-corrected chi connectivity index (χ1v) is 5.75. The standard InChI is InChI=1S/C13H15NO2/c1-8(2)14-12-10-6-4-3-5-9(10)7-11(12)16-13(14)15/h3-6,8,11-12H,7H2,1-2H3. The highest BCUT2D eigenvalue weighted by molar-refractivity contribution is 5.72. The highest BCUT2D eigenvalue weighted by atomic mass is 16.6. The van der Waals surface area contributed by atoms with E-state index in [1.54, 1.807) is 0 Å². The maximum absolute atomic E-state index is 11.7. The number of rotatable bonds is 1. The van der Waals surface area contributed by atoms with Crippen LogP contribution in [0.15, 0.2) is 24.3 Å². The Morgan fingerprint density at radius 3 is 2.88 bits per heavy atom. The normalized spacial score (nSPS) is 26.9. The third kappa shape index (κ3) is 1.17. The molecule has 1 fully saturated rings. The van der Waals surface area contributed by atoms with Crippen molar-refractivity contribution >= 4 is 6.09 Å². The molecule has 0 N–H and O–H groups in total. The monoisotopic (exact) mass is 217 g/mol. The lowest BCUT2D eigenvalue weighted by Crippen LogP contribution is -2.34. The van der Waals surface area contributed by atoms with E-state index >= 15 is 0 Å². The Hall–Kier alpha value is -1.51. The van der Waals surface area contributed by atoms with Gasteiger partial charge in [0.25, 0.3) is 0 Å². The van der Waals surface area contributed by atoms with Crippen molar-refractivity contribution < 1.29 is 9.53 Å². The highest BCUT2D eigenvalue weighted by Gasteiger charge is 2.48. The first-order chi connectivity index (χ1) is 7.68. The van der Waals surface area contributed by atoms with Gasteiger partial charge in [-0.3, -0.25) is 4.90 Å². The van der Waals surface area contributed by atoms with Crippen LogP contribution in [-0.2, 0) is 11.2 Å². The van der Waals surface area contributed by atoms with Crippen molar-refractivity contribution in [2.75, 3.05) is 0 Å². The second-order valence-corrected chi connectivity index (χ2v) is 4.77. The molecule has 0 saturated carbocycles. The summed E-state index contributed by atoms with van der Waals surface area (Å²) in [6.07, 6.45) is 0.710. The van der Waals surface area contributed by atoms with Crippen LogP contribution in [-0.4, -0.2) is 23.1 Å². The first kappa shape index (κ1) is 9.70.